The second-order valence-electron chi connectivity index (χ2n) is 4.56. The van der Waals surface area contributed by atoms with Crippen LogP contribution in [0, 0.1) is 0 Å². The summed E-state index contributed by atoms with van der Waals surface area (Å²) in [4.78, 5) is 35.9. The fraction of sp³-hybridized carbons (Fsp3) is 0.357. The lowest BCUT2D eigenvalue weighted by Crippen LogP contribution is -2.31. The number of benzene rings is 1. The minimum absolute atomic E-state index is 0.00629. The van der Waals surface area contributed by atoms with Gasteiger partial charge >= 0.3 is 6.09 Å². The molecule has 0 aromatic heterocycles. The molecule has 0 saturated carbocycles. The highest BCUT2D eigenvalue weighted by Gasteiger charge is 2.27. The van der Waals surface area contributed by atoms with Crippen molar-refractivity contribution in [3.63, 3.8) is 0 Å². The first-order valence-electron chi connectivity index (χ1n) is 6.44. The topological polar surface area (TPSA) is 63.7 Å². The van der Waals surface area contributed by atoms with Crippen molar-refractivity contribution in [1.29, 1.82) is 0 Å². The number of nitrogens with zero attached hydrogens (tertiary/aromatic N) is 1. The molecule has 2 amide bonds. The average molecular weight is 293 g/mol. The van der Waals surface area contributed by atoms with Gasteiger partial charge in [0.1, 0.15) is 6.61 Å². The first-order valence-corrected chi connectivity index (χ1v) is 7.01. The Bertz CT molecular complexity index is 526. The highest BCUT2D eigenvalue weighted by Crippen LogP contribution is 2.10. The van der Waals surface area contributed by atoms with Crippen molar-refractivity contribution in [3.05, 3.63) is 29.8 Å². The number of imide groups is 1. The maximum Gasteiger partial charge on any atom is 0.416 e. The van der Waals surface area contributed by atoms with Gasteiger partial charge in [-0.15, -0.1) is 9.24 Å². The number of carbonyl (C=O) groups is 3. The molecule has 20 heavy (non-hydrogen) atoms. The van der Waals surface area contributed by atoms with E-state index >= 15 is 0 Å². The molecule has 1 atom stereocenters. The Labute approximate surface area is 119 Å². The molecule has 0 aliphatic carbocycles. The van der Waals surface area contributed by atoms with Crippen LogP contribution in [0.15, 0.2) is 24.3 Å². The zero-order valence-electron chi connectivity index (χ0n) is 11.0. The Morgan fingerprint density at radius 1 is 1.20 bits per heavy atom. The summed E-state index contributed by atoms with van der Waals surface area (Å²) in [6, 6.07) is 7.24. The third kappa shape index (κ3) is 3.64. The Hall–Kier alpha value is -1.74. The van der Waals surface area contributed by atoms with E-state index in [0.717, 1.165) is 10.2 Å². The molecule has 5 nitrogen and oxygen atoms in total. The van der Waals surface area contributed by atoms with Gasteiger partial charge < -0.3 is 4.74 Å². The molecule has 0 radical (unpaired) electrons. The number of carbonyl (C=O) groups excluding carboxylic acids is 3. The van der Waals surface area contributed by atoms with E-state index in [2.05, 4.69) is 9.24 Å². The minimum atomic E-state index is -0.586. The molecule has 1 heterocycles. The largest absolute Gasteiger partial charge is 0.447 e. The summed E-state index contributed by atoms with van der Waals surface area (Å²) in [7, 11) is 2.56. The average Bonchev–Trinajstić information content (AvgIpc) is 2.85. The van der Waals surface area contributed by atoms with Crippen LogP contribution in [0.3, 0.4) is 0 Å². The third-order valence-electron chi connectivity index (χ3n) is 3.09. The van der Waals surface area contributed by atoms with Gasteiger partial charge in [-0.05, 0) is 11.7 Å². The van der Waals surface area contributed by atoms with Crippen LogP contribution in [0.4, 0.5) is 4.79 Å². The fourth-order valence-electron chi connectivity index (χ4n) is 1.97. The third-order valence-corrected chi connectivity index (χ3v) is 3.47. The Balaban J connectivity index is 1.78. The van der Waals surface area contributed by atoms with E-state index in [0.29, 0.717) is 24.9 Å². The number of hydrogen-bond donors (Lipinski definition) is 0. The van der Waals surface area contributed by atoms with Crippen LogP contribution in [0.25, 0.3) is 0 Å². The van der Waals surface area contributed by atoms with E-state index in [1.807, 2.05) is 12.1 Å². The smallest absolute Gasteiger partial charge is 0.416 e. The van der Waals surface area contributed by atoms with E-state index in [1.165, 1.54) is 0 Å². The second-order valence-corrected chi connectivity index (χ2v) is 5.23. The summed E-state index contributed by atoms with van der Waals surface area (Å²) in [5, 5.41) is 1.02. The van der Waals surface area contributed by atoms with Gasteiger partial charge in [-0.3, -0.25) is 9.59 Å². The minimum Gasteiger partial charge on any atom is -0.447 e. The molecule has 1 aromatic carbocycles. The number of rotatable bonds is 5. The maximum atomic E-state index is 11.9. The first kappa shape index (κ1) is 14.7. The van der Waals surface area contributed by atoms with E-state index < -0.39 is 6.09 Å². The van der Waals surface area contributed by atoms with E-state index in [9.17, 15) is 14.4 Å². The van der Waals surface area contributed by atoms with Crippen molar-refractivity contribution in [2.24, 2.45) is 0 Å². The summed E-state index contributed by atoms with van der Waals surface area (Å²) >= 11 is 0. The van der Waals surface area contributed by atoms with E-state index in [1.54, 1.807) is 12.1 Å². The highest BCUT2D eigenvalue weighted by molar-refractivity contribution is 7.27. The summed E-state index contributed by atoms with van der Waals surface area (Å²) < 4.78 is 4.69. The Morgan fingerprint density at radius 2 is 1.90 bits per heavy atom. The summed E-state index contributed by atoms with van der Waals surface area (Å²) in [6.07, 6.45) is 0.328. The molecule has 1 saturated heterocycles. The predicted octanol–water partition coefficient (Wildman–Crippen LogP) is 1.52. The van der Waals surface area contributed by atoms with Crippen molar-refractivity contribution in [2.45, 2.75) is 19.3 Å². The Kier molecular flexibility index (Phi) is 4.85. The van der Waals surface area contributed by atoms with Gasteiger partial charge in [-0.25, -0.2) is 9.69 Å². The lowest BCUT2D eigenvalue weighted by atomic mass is 10.1. The number of hydrogen-bond acceptors (Lipinski definition) is 4. The zero-order chi connectivity index (χ0) is 14.5. The highest BCUT2D eigenvalue weighted by atomic mass is 31.0. The van der Waals surface area contributed by atoms with Crippen LogP contribution in [0.2, 0.25) is 0 Å². The lowest BCUT2D eigenvalue weighted by Gasteiger charge is -2.09. The number of cyclic esters (lactones) is 1. The van der Waals surface area contributed by atoms with Crippen LogP contribution in [0.1, 0.15) is 29.6 Å². The molecular weight excluding hydrogens is 277 g/mol. The lowest BCUT2D eigenvalue weighted by molar-refractivity contribution is -0.127. The number of ether oxygens (including phenoxy) is 1. The number of ketones is 1. The standard InChI is InChI=1S/C14H16NO4P/c16-12(10-4-6-11(20)7-5-10)2-1-3-13(17)15-8-9-19-14(15)18/h4-7H,1-3,8-9,20H2. The molecule has 6 heteroatoms. The quantitative estimate of drug-likeness (QED) is 0.610. The van der Waals surface area contributed by atoms with Crippen LogP contribution in [-0.2, 0) is 9.53 Å². The van der Waals surface area contributed by atoms with Crippen LogP contribution in [0.5, 0.6) is 0 Å². The Morgan fingerprint density at radius 3 is 2.50 bits per heavy atom. The van der Waals surface area contributed by atoms with Gasteiger partial charge in [0.15, 0.2) is 5.78 Å². The van der Waals surface area contributed by atoms with Crippen molar-refractivity contribution >= 4 is 32.3 Å². The molecule has 1 aliphatic heterocycles. The normalized spacial score (nSPS) is 14.2. The maximum absolute atomic E-state index is 11.9. The molecular formula is C14H16NO4P. The van der Waals surface area contributed by atoms with Crippen molar-refractivity contribution in [1.82, 2.24) is 4.90 Å². The van der Waals surface area contributed by atoms with Crippen molar-refractivity contribution in [2.75, 3.05) is 13.2 Å². The van der Waals surface area contributed by atoms with Crippen LogP contribution >= 0.6 is 9.24 Å². The van der Waals surface area contributed by atoms with E-state index in [4.69, 9.17) is 4.74 Å². The van der Waals surface area contributed by atoms with Gasteiger partial charge in [-0.1, -0.05) is 24.3 Å². The molecule has 1 aliphatic rings. The first-order chi connectivity index (χ1) is 9.58. The molecule has 2 rings (SSSR count). The summed E-state index contributed by atoms with van der Waals surface area (Å²) in [5.74, 6) is -0.271. The molecule has 1 unspecified atom stereocenters. The summed E-state index contributed by atoms with van der Waals surface area (Å²) in [5.41, 5.74) is 0.643. The van der Waals surface area contributed by atoms with Crippen LogP contribution < -0.4 is 5.30 Å². The van der Waals surface area contributed by atoms with Crippen LogP contribution in [-0.4, -0.2) is 35.8 Å². The molecule has 0 spiro atoms. The van der Waals surface area contributed by atoms with Gasteiger partial charge in [0.05, 0.1) is 6.54 Å². The molecule has 0 bridgehead atoms. The number of Topliss-reactive ketones (excluding diaryl/α,β-unsaturated/α-hetero) is 1. The van der Waals surface area contributed by atoms with Gasteiger partial charge in [0, 0.05) is 18.4 Å². The number of amides is 2. The summed E-state index contributed by atoms with van der Waals surface area (Å²) in [6.45, 7) is 0.562. The fourth-order valence-corrected chi connectivity index (χ4v) is 2.16. The monoisotopic (exact) mass is 293 g/mol. The van der Waals surface area contributed by atoms with Crippen molar-refractivity contribution in [3.8, 4) is 0 Å². The molecule has 106 valence electrons. The zero-order valence-corrected chi connectivity index (χ0v) is 12.2. The van der Waals surface area contributed by atoms with Gasteiger partial charge in [0.25, 0.3) is 0 Å². The van der Waals surface area contributed by atoms with Crippen molar-refractivity contribution < 1.29 is 19.1 Å². The second kappa shape index (κ2) is 6.62. The van der Waals surface area contributed by atoms with E-state index in [-0.39, 0.29) is 24.7 Å². The SMILES string of the molecule is O=C(CCCC(=O)N1CCOC1=O)c1ccc(P)cc1. The molecule has 0 N–H and O–H groups in total. The predicted molar refractivity (Wildman–Crippen MR) is 77.0 cm³/mol. The molecule has 1 fully saturated rings. The van der Waals surface area contributed by atoms with Gasteiger partial charge in [-0.2, -0.15) is 0 Å². The molecule has 1 aromatic rings. The van der Waals surface area contributed by atoms with Gasteiger partial charge in [0.2, 0.25) is 5.91 Å².